The number of nitro benzene ring substituents is 1. The van der Waals surface area contributed by atoms with Crippen LogP contribution in [-0.2, 0) is 14.4 Å². The number of hydrogen-bond acceptors (Lipinski definition) is 8. The average Bonchev–Trinajstić information content (AvgIpc) is 3.41. The summed E-state index contributed by atoms with van der Waals surface area (Å²) < 4.78 is 10.6. The molecule has 0 aromatic heterocycles. The number of methoxy groups -OCH3 is 2. The van der Waals surface area contributed by atoms with Crippen molar-refractivity contribution in [1.82, 2.24) is 0 Å². The fraction of sp³-hybridized carbons (Fsp3) is 0.200. The first-order valence-electron chi connectivity index (χ1n) is 11.0. The molecular weight excluding hydrogens is 525 g/mol. The van der Waals surface area contributed by atoms with Gasteiger partial charge in [0.2, 0.25) is 5.91 Å². The Bertz CT molecular complexity index is 1420. The second kappa shape index (κ2) is 9.55. The highest BCUT2D eigenvalue weighted by Gasteiger charge is 2.61. The molecule has 3 aromatic carbocycles. The van der Waals surface area contributed by atoms with E-state index in [0.717, 1.165) is 4.90 Å². The molecule has 0 N–H and O–H groups in total. The minimum atomic E-state index is -1.24. The Morgan fingerprint density at radius 1 is 0.892 bits per heavy atom. The van der Waals surface area contributed by atoms with Crippen molar-refractivity contribution in [2.75, 3.05) is 24.2 Å². The van der Waals surface area contributed by atoms with Crippen LogP contribution in [-0.4, -0.2) is 37.1 Å². The van der Waals surface area contributed by atoms with Gasteiger partial charge in [-0.05, 0) is 36.4 Å². The highest BCUT2D eigenvalue weighted by atomic mass is 35.5. The van der Waals surface area contributed by atoms with E-state index in [-0.39, 0.29) is 38.5 Å². The number of ether oxygens (including phenoxy) is 2. The number of hydrogen-bond donors (Lipinski definition) is 0. The molecule has 0 aliphatic carbocycles. The fourth-order valence-electron chi connectivity index (χ4n) is 4.69. The largest absolute Gasteiger partial charge is 0.493 e. The average molecular weight is 544 g/mol. The number of nitrogens with zero attached hydrogens (tertiary/aromatic N) is 3. The maximum atomic E-state index is 13.8. The lowest BCUT2D eigenvalue weighted by Crippen LogP contribution is -2.37. The number of anilines is 2. The van der Waals surface area contributed by atoms with Gasteiger partial charge in [-0.1, -0.05) is 41.4 Å². The normalized spacial score (nSPS) is 20.8. The lowest BCUT2D eigenvalue weighted by molar-refractivity contribution is -0.385. The Hall–Kier alpha value is -3.86. The summed E-state index contributed by atoms with van der Waals surface area (Å²) in [5, 5.41) is 13.9. The summed E-state index contributed by atoms with van der Waals surface area (Å²) in [4.78, 5) is 45.9. The number of carbonyl (C=O) groups is 2. The van der Waals surface area contributed by atoms with E-state index in [0.29, 0.717) is 5.69 Å². The van der Waals surface area contributed by atoms with Crippen molar-refractivity contribution in [3.8, 4) is 11.5 Å². The van der Waals surface area contributed by atoms with Crippen molar-refractivity contribution >= 4 is 52.1 Å². The first-order chi connectivity index (χ1) is 17.8. The minimum Gasteiger partial charge on any atom is -0.493 e. The van der Waals surface area contributed by atoms with Gasteiger partial charge in [0, 0.05) is 0 Å². The first-order valence-corrected chi connectivity index (χ1v) is 11.8. The number of benzene rings is 3. The Morgan fingerprint density at radius 3 is 2.19 bits per heavy atom. The van der Waals surface area contributed by atoms with Gasteiger partial charge in [0.05, 0.1) is 52.2 Å². The fourth-order valence-corrected chi connectivity index (χ4v) is 4.98. The molecule has 2 amide bonds. The molecule has 0 unspecified atom stereocenters. The van der Waals surface area contributed by atoms with E-state index in [1.54, 1.807) is 30.3 Å². The second-order valence-corrected chi connectivity index (χ2v) is 9.11. The third-order valence-electron chi connectivity index (χ3n) is 6.34. The number of carbonyl (C=O) groups excluding carboxylic acids is 2. The minimum absolute atomic E-state index is 0.121. The van der Waals surface area contributed by atoms with E-state index < -0.39 is 34.8 Å². The molecule has 3 atom stereocenters. The standard InChI is InChI=1S/C25H19Cl2N3O7/c1-35-19-11-15(18(30(33)34)12-20(19)36-2)22-21-23(37-29(22)13-6-4-3-5-7-13)25(32)28(24(21)31)14-8-9-16(26)17(27)10-14/h3-12,21-23H,1-2H3/t21-,22+,23-/m1/s1. The lowest BCUT2D eigenvalue weighted by atomic mass is 9.89. The van der Waals surface area contributed by atoms with Crippen LogP contribution in [0.4, 0.5) is 17.1 Å². The SMILES string of the molecule is COc1cc([C@H]2[C@H]3C(=O)N(c4ccc(Cl)c(Cl)c4)C(=O)[C@@H]3ON2c2ccccc2)c([N+](=O)[O-])cc1OC. The maximum absolute atomic E-state index is 13.8. The molecule has 0 saturated carbocycles. The molecule has 0 radical (unpaired) electrons. The molecule has 2 aliphatic rings. The van der Waals surface area contributed by atoms with Crippen molar-refractivity contribution in [3.05, 3.63) is 86.4 Å². The van der Waals surface area contributed by atoms with Crippen LogP contribution in [0.3, 0.4) is 0 Å². The molecule has 3 aromatic rings. The molecule has 2 aliphatic heterocycles. The molecule has 2 fully saturated rings. The molecule has 37 heavy (non-hydrogen) atoms. The van der Waals surface area contributed by atoms with E-state index in [2.05, 4.69) is 0 Å². The van der Waals surface area contributed by atoms with Crippen molar-refractivity contribution in [2.45, 2.75) is 12.1 Å². The van der Waals surface area contributed by atoms with Crippen LogP contribution in [0.1, 0.15) is 11.6 Å². The number of para-hydroxylation sites is 1. The molecule has 12 heteroatoms. The topological polar surface area (TPSA) is 111 Å². The van der Waals surface area contributed by atoms with Gasteiger partial charge in [0.1, 0.15) is 12.0 Å². The van der Waals surface area contributed by atoms with Crippen LogP contribution in [0.15, 0.2) is 60.7 Å². The summed E-state index contributed by atoms with van der Waals surface area (Å²) in [7, 11) is 2.76. The Kier molecular flexibility index (Phi) is 6.40. The summed E-state index contributed by atoms with van der Waals surface area (Å²) in [6, 6.07) is 14.7. The van der Waals surface area contributed by atoms with Crippen LogP contribution in [0.25, 0.3) is 0 Å². The van der Waals surface area contributed by atoms with Gasteiger partial charge >= 0.3 is 0 Å². The summed E-state index contributed by atoms with van der Waals surface area (Å²) in [6.45, 7) is 0. The van der Waals surface area contributed by atoms with Gasteiger partial charge < -0.3 is 9.47 Å². The summed E-state index contributed by atoms with van der Waals surface area (Å²) in [5.74, 6) is -1.97. The zero-order chi connectivity index (χ0) is 26.4. The van der Waals surface area contributed by atoms with E-state index >= 15 is 0 Å². The molecule has 2 heterocycles. The molecule has 190 valence electrons. The zero-order valence-corrected chi connectivity index (χ0v) is 21.0. The van der Waals surface area contributed by atoms with Crippen molar-refractivity contribution in [1.29, 1.82) is 0 Å². The van der Waals surface area contributed by atoms with E-state index in [1.165, 1.54) is 49.6 Å². The van der Waals surface area contributed by atoms with Crippen LogP contribution in [0.5, 0.6) is 11.5 Å². The Morgan fingerprint density at radius 2 is 1.57 bits per heavy atom. The Balaban J connectivity index is 1.68. The van der Waals surface area contributed by atoms with Crippen LogP contribution >= 0.6 is 23.2 Å². The number of nitro groups is 1. The monoisotopic (exact) mass is 543 g/mol. The predicted molar refractivity (Wildman–Crippen MR) is 135 cm³/mol. The molecular formula is C25H19Cl2N3O7. The number of rotatable bonds is 6. The van der Waals surface area contributed by atoms with Gasteiger partial charge in [0.15, 0.2) is 17.6 Å². The first kappa shape index (κ1) is 24.8. The highest BCUT2D eigenvalue weighted by molar-refractivity contribution is 6.42. The van der Waals surface area contributed by atoms with Gasteiger partial charge in [-0.2, -0.15) is 0 Å². The van der Waals surface area contributed by atoms with Gasteiger partial charge in [-0.25, -0.2) is 9.96 Å². The quantitative estimate of drug-likeness (QED) is 0.243. The second-order valence-electron chi connectivity index (χ2n) is 8.29. The maximum Gasteiger partial charge on any atom is 0.278 e. The van der Waals surface area contributed by atoms with Gasteiger partial charge in [-0.3, -0.25) is 24.5 Å². The van der Waals surface area contributed by atoms with Crippen molar-refractivity contribution < 1.29 is 28.8 Å². The third-order valence-corrected chi connectivity index (χ3v) is 7.07. The third kappa shape index (κ3) is 4.03. The summed E-state index contributed by atoms with van der Waals surface area (Å²) in [6.07, 6.45) is -1.24. The smallest absolute Gasteiger partial charge is 0.278 e. The summed E-state index contributed by atoms with van der Waals surface area (Å²) in [5.41, 5.74) is 0.527. The van der Waals surface area contributed by atoms with Crippen LogP contribution < -0.4 is 19.4 Å². The Labute approximate surface area is 220 Å². The van der Waals surface area contributed by atoms with E-state index in [9.17, 15) is 19.7 Å². The van der Waals surface area contributed by atoms with Crippen molar-refractivity contribution in [2.24, 2.45) is 5.92 Å². The molecule has 2 saturated heterocycles. The number of imide groups is 1. The zero-order valence-electron chi connectivity index (χ0n) is 19.5. The van der Waals surface area contributed by atoms with Gasteiger partial charge in [0.25, 0.3) is 11.6 Å². The number of hydroxylamine groups is 1. The van der Waals surface area contributed by atoms with E-state index in [1.807, 2.05) is 0 Å². The highest BCUT2D eigenvalue weighted by Crippen LogP contribution is 2.51. The van der Waals surface area contributed by atoms with Crippen molar-refractivity contribution in [3.63, 3.8) is 0 Å². The molecule has 5 rings (SSSR count). The van der Waals surface area contributed by atoms with Crippen LogP contribution in [0.2, 0.25) is 10.0 Å². The van der Waals surface area contributed by atoms with E-state index in [4.69, 9.17) is 37.5 Å². The van der Waals surface area contributed by atoms with Crippen LogP contribution in [0, 0.1) is 16.0 Å². The van der Waals surface area contributed by atoms with Gasteiger partial charge in [-0.15, -0.1) is 0 Å². The summed E-state index contributed by atoms with van der Waals surface area (Å²) >= 11 is 12.1. The number of amides is 2. The molecule has 0 spiro atoms. The predicted octanol–water partition coefficient (Wildman–Crippen LogP) is 4.97. The molecule has 10 nitrogen and oxygen atoms in total. The lowest BCUT2D eigenvalue weighted by Gasteiger charge is -2.29. The number of halogens is 2. The number of fused-ring (bicyclic) bond motifs is 1. The molecule has 0 bridgehead atoms.